The number of H-pyrrole nitrogens is 1. The van der Waals surface area contributed by atoms with Gasteiger partial charge in [-0.05, 0) is 62.1 Å². The quantitative estimate of drug-likeness (QED) is 0.281. The molecule has 172 valence electrons. The molecule has 0 spiro atoms. The van der Waals surface area contributed by atoms with Crippen LogP contribution in [0.15, 0.2) is 57.0 Å². The Bertz CT molecular complexity index is 1060. The molecule has 9 heteroatoms. The number of nitrogens with zero attached hydrogens (tertiary/aromatic N) is 3. The van der Waals surface area contributed by atoms with Gasteiger partial charge in [0.15, 0.2) is 0 Å². The molecule has 1 heterocycles. The molecule has 0 amide bonds. The Balaban J connectivity index is 1.47. The van der Waals surface area contributed by atoms with Gasteiger partial charge in [0.1, 0.15) is 5.75 Å². The number of nitrogens with two attached hydrogens (primary N) is 1. The third-order valence-corrected chi connectivity index (χ3v) is 5.44. The Morgan fingerprint density at radius 3 is 2.91 bits per heavy atom. The smallest absolute Gasteiger partial charge is 0.328 e. The average Bonchev–Trinajstić information content (AvgIpc) is 3.62. The first kappa shape index (κ1) is 23.3. The van der Waals surface area contributed by atoms with Crippen LogP contribution < -0.4 is 21.7 Å². The predicted octanol–water partition coefficient (Wildman–Crippen LogP) is 2.60. The van der Waals surface area contributed by atoms with Gasteiger partial charge in [0.25, 0.3) is 5.56 Å². The number of hydrogen-bond donors (Lipinski definition) is 2. The van der Waals surface area contributed by atoms with Crippen molar-refractivity contribution in [3.63, 3.8) is 0 Å². The number of benzene rings is 1. The third-order valence-electron chi connectivity index (χ3n) is 5.44. The molecule has 0 bridgehead atoms. The number of allylic oxidation sites excluding steroid dienone is 1. The Morgan fingerprint density at radius 1 is 1.38 bits per heavy atom. The maximum absolute atomic E-state index is 13.4. The van der Waals surface area contributed by atoms with Gasteiger partial charge in [-0.2, -0.15) is 9.49 Å². The van der Waals surface area contributed by atoms with Crippen LogP contribution in [-0.2, 0) is 13.0 Å². The highest BCUT2D eigenvalue weighted by atomic mass is 19.1. The highest BCUT2D eigenvalue weighted by molar-refractivity contribution is 5.29. The molecule has 0 aliphatic heterocycles. The Labute approximate surface area is 186 Å². The van der Waals surface area contributed by atoms with Gasteiger partial charge in [0.2, 0.25) is 5.82 Å². The van der Waals surface area contributed by atoms with Gasteiger partial charge >= 0.3 is 5.69 Å². The summed E-state index contributed by atoms with van der Waals surface area (Å²) in [5, 5.41) is 5.86. The van der Waals surface area contributed by atoms with Crippen molar-refractivity contribution < 1.29 is 9.13 Å². The fraction of sp³-hybridized carbons (Fsp3) is 0.435. The molecule has 1 fully saturated rings. The summed E-state index contributed by atoms with van der Waals surface area (Å²) in [4.78, 5) is 24.8. The predicted molar refractivity (Wildman–Crippen MR) is 122 cm³/mol. The van der Waals surface area contributed by atoms with Gasteiger partial charge in [-0.3, -0.25) is 19.4 Å². The minimum absolute atomic E-state index is 0.291. The number of aryl methyl sites for hydroxylation is 1. The SMILES string of the molecule is C=NN(CCc1cccc(OCC2CC2)c1)/C(=C\N)CCCCn1cc(F)c(=O)[nH]c1=O. The number of aromatic amines is 1. The molecule has 0 radical (unpaired) electrons. The van der Waals surface area contributed by atoms with Gasteiger partial charge in [-0.25, -0.2) is 4.79 Å². The third kappa shape index (κ3) is 6.83. The van der Waals surface area contributed by atoms with Crippen LogP contribution in [0.2, 0.25) is 0 Å². The molecule has 2 aromatic rings. The number of hydrazone groups is 1. The van der Waals surface area contributed by atoms with Crippen molar-refractivity contribution in [2.24, 2.45) is 16.8 Å². The topological polar surface area (TPSA) is 106 Å². The van der Waals surface area contributed by atoms with Gasteiger partial charge in [-0.15, -0.1) is 0 Å². The molecular weight excluding hydrogens is 413 g/mol. The summed E-state index contributed by atoms with van der Waals surface area (Å²) in [6, 6.07) is 8.07. The Hall–Kier alpha value is -3.36. The fourth-order valence-corrected chi connectivity index (χ4v) is 3.37. The van der Waals surface area contributed by atoms with Gasteiger partial charge in [0, 0.05) is 26.0 Å². The van der Waals surface area contributed by atoms with E-state index >= 15 is 0 Å². The van der Waals surface area contributed by atoms with Crippen LogP contribution in [0.25, 0.3) is 0 Å². The second-order valence-electron chi connectivity index (χ2n) is 7.96. The maximum atomic E-state index is 13.4. The highest BCUT2D eigenvalue weighted by Gasteiger charge is 2.21. The van der Waals surface area contributed by atoms with E-state index in [9.17, 15) is 14.0 Å². The molecule has 1 aromatic heterocycles. The lowest BCUT2D eigenvalue weighted by atomic mass is 10.1. The zero-order valence-corrected chi connectivity index (χ0v) is 18.1. The largest absolute Gasteiger partial charge is 0.493 e. The summed E-state index contributed by atoms with van der Waals surface area (Å²) in [5.74, 6) is 0.616. The van der Waals surface area contributed by atoms with Crippen molar-refractivity contribution in [3.05, 3.63) is 74.6 Å². The molecule has 0 atom stereocenters. The van der Waals surface area contributed by atoms with Gasteiger partial charge in [0.05, 0.1) is 18.5 Å². The highest BCUT2D eigenvalue weighted by Crippen LogP contribution is 2.29. The van der Waals surface area contributed by atoms with E-state index in [1.54, 1.807) is 5.01 Å². The average molecular weight is 444 g/mol. The van der Waals surface area contributed by atoms with Crippen molar-refractivity contribution in [2.75, 3.05) is 13.2 Å². The van der Waals surface area contributed by atoms with Crippen molar-refractivity contribution >= 4 is 6.72 Å². The van der Waals surface area contributed by atoms with Crippen LogP contribution in [0.5, 0.6) is 5.75 Å². The number of rotatable bonds is 13. The normalized spacial score (nSPS) is 13.7. The molecule has 32 heavy (non-hydrogen) atoms. The minimum Gasteiger partial charge on any atom is -0.493 e. The van der Waals surface area contributed by atoms with E-state index in [2.05, 4.69) is 24.0 Å². The standard InChI is InChI=1S/C23H30FN5O3/c1-26-29(12-10-17-5-4-7-20(13-17)32-16-18-8-9-18)19(14-25)6-2-3-11-28-15-21(24)22(30)27-23(28)31/h4-5,7,13-15,18H,1-3,6,8-12,16,25H2,(H,27,30,31)/b19-14-. The molecule has 1 aromatic carbocycles. The van der Waals surface area contributed by atoms with Crippen molar-refractivity contribution in [3.8, 4) is 5.75 Å². The number of halogens is 1. The molecule has 1 saturated carbocycles. The van der Waals surface area contributed by atoms with E-state index in [1.165, 1.54) is 19.0 Å². The monoisotopic (exact) mass is 443 g/mol. The molecular formula is C23H30FN5O3. The lowest BCUT2D eigenvalue weighted by Gasteiger charge is -2.22. The molecule has 8 nitrogen and oxygen atoms in total. The first-order valence-electron chi connectivity index (χ1n) is 10.9. The molecule has 1 aliphatic rings. The second kappa shape index (κ2) is 11.3. The van der Waals surface area contributed by atoms with Crippen LogP contribution in [0.4, 0.5) is 4.39 Å². The molecule has 0 unspecified atom stereocenters. The first-order valence-corrected chi connectivity index (χ1v) is 10.9. The summed E-state index contributed by atoms with van der Waals surface area (Å²) in [7, 11) is 0. The van der Waals surface area contributed by atoms with Gasteiger partial charge < -0.3 is 10.5 Å². The number of nitrogens with one attached hydrogen (secondary N) is 1. The van der Waals surface area contributed by atoms with E-state index in [4.69, 9.17) is 10.5 Å². The van der Waals surface area contributed by atoms with Crippen LogP contribution in [0.3, 0.4) is 0 Å². The molecule has 3 rings (SSSR count). The van der Waals surface area contributed by atoms with Crippen LogP contribution in [0.1, 0.15) is 37.7 Å². The number of aromatic nitrogens is 2. The number of unbranched alkanes of at least 4 members (excludes halogenated alkanes) is 1. The number of ether oxygens (including phenoxy) is 1. The van der Waals surface area contributed by atoms with E-state index < -0.39 is 17.1 Å². The van der Waals surface area contributed by atoms with Crippen molar-refractivity contribution in [2.45, 2.75) is 45.1 Å². The van der Waals surface area contributed by atoms with E-state index in [-0.39, 0.29) is 0 Å². The van der Waals surface area contributed by atoms with Crippen molar-refractivity contribution in [1.82, 2.24) is 14.6 Å². The summed E-state index contributed by atoms with van der Waals surface area (Å²) in [6.07, 6.45) is 7.64. The summed E-state index contributed by atoms with van der Waals surface area (Å²) in [5.41, 5.74) is 6.15. The molecule has 3 N–H and O–H groups in total. The summed E-state index contributed by atoms with van der Waals surface area (Å²) >= 11 is 0. The number of hydrogen-bond acceptors (Lipinski definition) is 6. The van der Waals surface area contributed by atoms with E-state index in [0.29, 0.717) is 38.3 Å². The Kier molecular flexibility index (Phi) is 8.24. The molecule has 1 aliphatic carbocycles. The lowest BCUT2D eigenvalue weighted by molar-refractivity contribution is 0.299. The Morgan fingerprint density at radius 2 is 2.19 bits per heavy atom. The fourth-order valence-electron chi connectivity index (χ4n) is 3.37. The van der Waals surface area contributed by atoms with Crippen LogP contribution in [-0.4, -0.2) is 34.4 Å². The van der Waals surface area contributed by atoms with Crippen LogP contribution in [0, 0.1) is 11.7 Å². The summed E-state index contributed by atoms with van der Waals surface area (Å²) < 4.78 is 20.4. The second-order valence-corrected chi connectivity index (χ2v) is 7.96. The minimum atomic E-state index is -1.01. The van der Waals surface area contributed by atoms with Crippen molar-refractivity contribution in [1.29, 1.82) is 0 Å². The lowest BCUT2D eigenvalue weighted by Crippen LogP contribution is -2.31. The van der Waals surface area contributed by atoms with E-state index in [0.717, 1.165) is 40.8 Å². The van der Waals surface area contributed by atoms with Crippen LogP contribution >= 0.6 is 0 Å². The van der Waals surface area contributed by atoms with E-state index in [1.807, 2.05) is 17.1 Å². The van der Waals surface area contributed by atoms with Gasteiger partial charge in [-0.1, -0.05) is 12.1 Å². The zero-order valence-electron chi connectivity index (χ0n) is 18.1. The molecule has 0 saturated heterocycles. The zero-order chi connectivity index (χ0) is 22.9. The first-order chi connectivity index (χ1) is 15.5. The summed E-state index contributed by atoms with van der Waals surface area (Å²) in [6.45, 7) is 5.34. The maximum Gasteiger partial charge on any atom is 0.328 e.